The number of aliphatic hydroxyl groups is 2. The van der Waals surface area contributed by atoms with Crippen LogP contribution in [0.4, 0.5) is 5.95 Å². The lowest BCUT2D eigenvalue weighted by Crippen LogP contribution is -2.43. The SMILES string of the molecule is Cc1nc(N)nc2c1ccn2C1OC2CCCC2(O)C1O. The molecule has 1 aliphatic heterocycles. The van der Waals surface area contributed by atoms with E-state index in [1.165, 1.54) is 0 Å². The van der Waals surface area contributed by atoms with Gasteiger partial charge >= 0.3 is 0 Å². The third-order valence-corrected chi connectivity index (χ3v) is 4.74. The summed E-state index contributed by atoms with van der Waals surface area (Å²) in [5.74, 6) is 0.186. The second kappa shape index (κ2) is 4.16. The van der Waals surface area contributed by atoms with Crippen LogP contribution in [0.1, 0.15) is 31.2 Å². The van der Waals surface area contributed by atoms with Crippen molar-refractivity contribution in [3.8, 4) is 0 Å². The normalized spacial score (nSPS) is 35.5. The van der Waals surface area contributed by atoms with Crippen LogP contribution >= 0.6 is 0 Å². The molecular formula is C14H18N4O3. The number of aromatic nitrogens is 3. The number of ether oxygens (including phenoxy) is 1. The molecule has 2 aliphatic rings. The molecule has 1 saturated heterocycles. The minimum Gasteiger partial charge on any atom is -0.385 e. The number of hydrogen-bond donors (Lipinski definition) is 3. The maximum atomic E-state index is 10.6. The van der Waals surface area contributed by atoms with Gasteiger partial charge in [0.15, 0.2) is 6.23 Å². The molecule has 2 aromatic rings. The predicted molar refractivity (Wildman–Crippen MR) is 75.4 cm³/mol. The van der Waals surface area contributed by atoms with Crippen LogP contribution in [0.5, 0.6) is 0 Å². The van der Waals surface area contributed by atoms with Gasteiger partial charge < -0.3 is 25.3 Å². The van der Waals surface area contributed by atoms with Crippen molar-refractivity contribution in [1.82, 2.24) is 14.5 Å². The molecule has 0 bridgehead atoms. The van der Waals surface area contributed by atoms with E-state index in [0.29, 0.717) is 12.1 Å². The van der Waals surface area contributed by atoms with Crippen molar-refractivity contribution < 1.29 is 14.9 Å². The van der Waals surface area contributed by atoms with Gasteiger partial charge in [-0.15, -0.1) is 0 Å². The molecule has 1 aliphatic carbocycles. The molecule has 0 spiro atoms. The number of anilines is 1. The highest BCUT2D eigenvalue weighted by Crippen LogP contribution is 2.47. The highest BCUT2D eigenvalue weighted by atomic mass is 16.6. The second-order valence-electron chi connectivity index (χ2n) is 5.97. The summed E-state index contributed by atoms with van der Waals surface area (Å²) >= 11 is 0. The predicted octanol–water partition coefficient (Wildman–Crippen LogP) is 0.495. The van der Waals surface area contributed by atoms with Crippen molar-refractivity contribution >= 4 is 17.0 Å². The van der Waals surface area contributed by atoms with Gasteiger partial charge in [-0.25, -0.2) is 4.98 Å². The fourth-order valence-electron chi connectivity index (χ4n) is 3.62. The largest absolute Gasteiger partial charge is 0.385 e. The summed E-state index contributed by atoms with van der Waals surface area (Å²) in [4.78, 5) is 8.38. The molecule has 1 saturated carbocycles. The van der Waals surface area contributed by atoms with Crippen molar-refractivity contribution in [1.29, 1.82) is 0 Å². The summed E-state index contributed by atoms with van der Waals surface area (Å²) in [5.41, 5.74) is 5.96. The van der Waals surface area contributed by atoms with Gasteiger partial charge in [0.1, 0.15) is 17.4 Å². The molecule has 4 N–H and O–H groups in total. The van der Waals surface area contributed by atoms with Gasteiger partial charge in [0.05, 0.1) is 11.8 Å². The monoisotopic (exact) mass is 290 g/mol. The van der Waals surface area contributed by atoms with Gasteiger partial charge in [-0.1, -0.05) is 0 Å². The Morgan fingerprint density at radius 2 is 2.29 bits per heavy atom. The lowest BCUT2D eigenvalue weighted by Gasteiger charge is -2.25. The number of nitrogen functional groups attached to an aromatic ring is 1. The highest BCUT2D eigenvalue weighted by molar-refractivity contribution is 5.79. The average molecular weight is 290 g/mol. The van der Waals surface area contributed by atoms with Gasteiger partial charge in [0.2, 0.25) is 5.95 Å². The van der Waals surface area contributed by atoms with E-state index in [0.717, 1.165) is 23.9 Å². The fraction of sp³-hybridized carbons (Fsp3) is 0.571. The Morgan fingerprint density at radius 1 is 1.48 bits per heavy atom. The molecule has 4 atom stereocenters. The van der Waals surface area contributed by atoms with Crippen LogP contribution in [-0.2, 0) is 4.74 Å². The first-order valence-corrected chi connectivity index (χ1v) is 7.17. The standard InChI is InChI=1S/C14H18N4O3/c1-7-8-4-6-18(11(8)17-13(15)16-7)12-10(19)14(20)5-2-3-9(14)21-12/h4,6,9-10,12,19-20H,2-3,5H2,1H3,(H2,15,16,17). The highest BCUT2D eigenvalue weighted by Gasteiger charge is 2.58. The smallest absolute Gasteiger partial charge is 0.222 e. The van der Waals surface area contributed by atoms with Crippen LogP contribution in [0, 0.1) is 6.92 Å². The summed E-state index contributed by atoms with van der Waals surface area (Å²) in [6.45, 7) is 1.86. The summed E-state index contributed by atoms with van der Waals surface area (Å²) in [7, 11) is 0. The Balaban J connectivity index is 1.81. The van der Waals surface area contributed by atoms with Gasteiger partial charge in [0, 0.05) is 11.6 Å². The Hall–Kier alpha value is -1.70. The van der Waals surface area contributed by atoms with E-state index < -0.39 is 17.9 Å². The van der Waals surface area contributed by atoms with Crippen molar-refractivity contribution in [2.24, 2.45) is 0 Å². The van der Waals surface area contributed by atoms with Crippen LogP contribution in [0.15, 0.2) is 12.3 Å². The van der Waals surface area contributed by atoms with E-state index in [2.05, 4.69) is 9.97 Å². The number of nitrogens with two attached hydrogens (primary N) is 1. The lowest BCUT2D eigenvalue weighted by atomic mass is 9.94. The average Bonchev–Trinajstić information content (AvgIpc) is 3.05. The van der Waals surface area contributed by atoms with Crippen molar-refractivity contribution in [3.05, 3.63) is 18.0 Å². The number of aliphatic hydroxyl groups excluding tert-OH is 1. The fourth-order valence-corrected chi connectivity index (χ4v) is 3.62. The van der Waals surface area contributed by atoms with Gasteiger partial charge in [-0.3, -0.25) is 0 Å². The lowest BCUT2D eigenvalue weighted by molar-refractivity contribution is -0.0637. The molecule has 21 heavy (non-hydrogen) atoms. The molecule has 112 valence electrons. The van der Waals surface area contributed by atoms with E-state index in [-0.39, 0.29) is 12.1 Å². The topological polar surface area (TPSA) is 106 Å². The Morgan fingerprint density at radius 3 is 3.05 bits per heavy atom. The molecule has 0 amide bonds. The Kier molecular flexibility index (Phi) is 2.57. The van der Waals surface area contributed by atoms with Crippen molar-refractivity contribution in [3.63, 3.8) is 0 Å². The van der Waals surface area contributed by atoms with Crippen molar-refractivity contribution in [2.45, 2.75) is 50.2 Å². The van der Waals surface area contributed by atoms with E-state index >= 15 is 0 Å². The molecule has 2 aromatic heterocycles. The number of rotatable bonds is 1. The van der Waals surface area contributed by atoms with Crippen LogP contribution in [-0.4, -0.2) is 42.6 Å². The molecule has 7 heteroatoms. The molecule has 0 aromatic carbocycles. The maximum Gasteiger partial charge on any atom is 0.222 e. The number of aryl methyl sites for hydroxylation is 1. The van der Waals surface area contributed by atoms with E-state index in [1.54, 1.807) is 10.8 Å². The molecule has 2 fully saturated rings. The summed E-state index contributed by atoms with van der Waals surface area (Å²) in [6, 6.07) is 1.87. The van der Waals surface area contributed by atoms with E-state index in [4.69, 9.17) is 10.5 Å². The maximum absolute atomic E-state index is 10.6. The molecule has 0 radical (unpaired) electrons. The van der Waals surface area contributed by atoms with Crippen LogP contribution < -0.4 is 5.73 Å². The molecule has 4 unspecified atom stereocenters. The minimum atomic E-state index is -1.16. The quantitative estimate of drug-likeness (QED) is 0.706. The summed E-state index contributed by atoms with van der Waals surface area (Å²) in [6.07, 6.45) is 2.04. The molecule has 3 heterocycles. The Labute approximate surface area is 121 Å². The number of nitrogens with zero attached hydrogens (tertiary/aromatic N) is 3. The summed E-state index contributed by atoms with van der Waals surface area (Å²) < 4.78 is 7.63. The van der Waals surface area contributed by atoms with Gasteiger partial charge in [-0.2, -0.15) is 4.98 Å². The Bertz CT molecular complexity index is 716. The van der Waals surface area contributed by atoms with Crippen molar-refractivity contribution in [2.75, 3.05) is 5.73 Å². The van der Waals surface area contributed by atoms with Crippen LogP contribution in [0.3, 0.4) is 0 Å². The first-order chi connectivity index (χ1) is 10.0. The first-order valence-electron chi connectivity index (χ1n) is 7.17. The van der Waals surface area contributed by atoms with E-state index in [1.807, 2.05) is 13.0 Å². The zero-order valence-electron chi connectivity index (χ0n) is 11.7. The second-order valence-corrected chi connectivity index (χ2v) is 5.97. The first kappa shape index (κ1) is 13.0. The van der Waals surface area contributed by atoms with Gasteiger partial charge in [-0.05, 0) is 32.3 Å². The molecule has 7 nitrogen and oxygen atoms in total. The number of hydrogen-bond acceptors (Lipinski definition) is 6. The molecular weight excluding hydrogens is 272 g/mol. The van der Waals surface area contributed by atoms with E-state index in [9.17, 15) is 10.2 Å². The third-order valence-electron chi connectivity index (χ3n) is 4.74. The van der Waals surface area contributed by atoms with Gasteiger partial charge in [0.25, 0.3) is 0 Å². The number of fused-ring (bicyclic) bond motifs is 2. The minimum absolute atomic E-state index is 0.186. The summed E-state index contributed by atoms with van der Waals surface area (Å²) in [5, 5.41) is 22.0. The zero-order valence-corrected chi connectivity index (χ0v) is 11.7. The van der Waals surface area contributed by atoms with Crippen LogP contribution in [0.25, 0.3) is 11.0 Å². The zero-order chi connectivity index (χ0) is 14.8. The van der Waals surface area contributed by atoms with Crippen LogP contribution in [0.2, 0.25) is 0 Å². The third kappa shape index (κ3) is 1.65. The molecule has 4 rings (SSSR count).